The minimum atomic E-state index is -3.74. The molecule has 106 valence electrons. The van der Waals surface area contributed by atoms with Gasteiger partial charge in [-0.25, -0.2) is 13.6 Å². The standard InChI is InChI=1S/C12H19N3O3S/c1-8-4-5-15(12(8)7-16)11-3-2-9(6-10(11)13)19(14,17)18/h2-3,6,8,12,16H,4-5,7,13H2,1H3,(H2,14,17,18). The summed E-state index contributed by atoms with van der Waals surface area (Å²) in [5.74, 6) is 0.377. The van der Waals surface area contributed by atoms with Crippen molar-refractivity contribution >= 4 is 21.4 Å². The third-order valence-electron chi connectivity index (χ3n) is 3.71. The lowest BCUT2D eigenvalue weighted by atomic mass is 10.0. The number of rotatable bonds is 3. The minimum Gasteiger partial charge on any atom is -0.397 e. The van der Waals surface area contributed by atoms with Crippen LogP contribution in [0.1, 0.15) is 13.3 Å². The topological polar surface area (TPSA) is 110 Å². The van der Waals surface area contributed by atoms with E-state index >= 15 is 0 Å². The highest BCUT2D eigenvalue weighted by molar-refractivity contribution is 7.89. The molecule has 19 heavy (non-hydrogen) atoms. The highest BCUT2D eigenvalue weighted by atomic mass is 32.2. The molecule has 2 unspecified atom stereocenters. The number of aliphatic hydroxyl groups excluding tert-OH is 1. The van der Waals surface area contributed by atoms with E-state index in [2.05, 4.69) is 6.92 Å². The van der Waals surface area contributed by atoms with Crippen molar-refractivity contribution in [3.63, 3.8) is 0 Å². The van der Waals surface area contributed by atoms with Gasteiger partial charge in [-0.3, -0.25) is 0 Å². The second-order valence-corrected chi connectivity index (χ2v) is 6.54. The zero-order chi connectivity index (χ0) is 14.2. The number of sulfonamides is 1. The van der Waals surface area contributed by atoms with Crippen molar-refractivity contribution in [2.45, 2.75) is 24.3 Å². The first-order valence-electron chi connectivity index (χ1n) is 6.14. The van der Waals surface area contributed by atoms with Crippen molar-refractivity contribution in [2.75, 3.05) is 23.8 Å². The number of nitrogen functional groups attached to an aromatic ring is 1. The lowest BCUT2D eigenvalue weighted by molar-refractivity contribution is 0.245. The molecule has 7 heteroatoms. The van der Waals surface area contributed by atoms with Crippen LogP contribution in [-0.4, -0.2) is 32.7 Å². The van der Waals surface area contributed by atoms with E-state index in [1.807, 2.05) is 4.90 Å². The van der Waals surface area contributed by atoms with Gasteiger partial charge in [0, 0.05) is 6.54 Å². The monoisotopic (exact) mass is 285 g/mol. The number of hydrogen-bond donors (Lipinski definition) is 3. The molecule has 0 radical (unpaired) electrons. The Morgan fingerprint density at radius 1 is 1.47 bits per heavy atom. The van der Waals surface area contributed by atoms with E-state index in [1.54, 1.807) is 6.07 Å². The summed E-state index contributed by atoms with van der Waals surface area (Å²) in [5, 5.41) is 14.5. The molecular formula is C12H19N3O3S. The summed E-state index contributed by atoms with van der Waals surface area (Å²) in [6.45, 7) is 2.93. The molecule has 1 saturated heterocycles. The van der Waals surface area contributed by atoms with Crippen molar-refractivity contribution < 1.29 is 13.5 Å². The number of anilines is 2. The third kappa shape index (κ3) is 2.68. The second kappa shape index (κ2) is 4.99. The normalized spacial score (nSPS) is 23.8. The molecule has 1 heterocycles. The molecule has 2 rings (SSSR count). The van der Waals surface area contributed by atoms with E-state index in [0.29, 0.717) is 11.6 Å². The zero-order valence-electron chi connectivity index (χ0n) is 10.8. The van der Waals surface area contributed by atoms with Crippen LogP contribution in [0, 0.1) is 5.92 Å². The minimum absolute atomic E-state index is 0.00143. The average molecular weight is 285 g/mol. The highest BCUT2D eigenvalue weighted by Gasteiger charge is 2.31. The summed E-state index contributed by atoms with van der Waals surface area (Å²) in [4.78, 5) is 2.02. The number of aliphatic hydroxyl groups is 1. The van der Waals surface area contributed by atoms with Crippen LogP contribution in [0.15, 0.2) is 23.1 Å². The van der Waals surface area contributed by atoms with Crippen LogP contribution < -0.4 is 15.8 Å². The van der Waals surface area contributed by atoms with Crippen LogP contribution in [0.2, 0.25) is 0 Å². The molecule has 2 atom stereocenters. The van der Waals surface area contributed by atoms with Crippen molar-refractivity contribution in [1.82, 2.24) is 0 Å². The largest absolute Gasteiger partial charge is 0.397 e. The van der Waals surface area contributed by atoms with Gasteiger partial charge in [0.1, 0.15) is 0 Å². The van der Waals surface area contributed by atoms with Gasteiger partial charge in [0.15, 0.2) is 0 Å². The van der Waals surface area contributed by atoms with E-state index in [9.17, 15) is 13.5 Å². The summed E-state index contributed by atoms with van der Waals surface area (Å²) in [6.07, 6.45) is 0.974. The maximum atomic E-state index is 11.3. The van der Waals surface area contributed by atoms with Gasteiger partial charge in [0.25, 0.3) is 0 Å². The summed E-state index contributed by atoms with van der Waals surface area (Å²) < 4.78 is 22.5. The highest BCUT2D eigenvalue weighted by Crippen LogP contribution is 2.34. The van der Waals surface area contributed by atoms with E-state index in [4.69, 9.17) is 10.9 Å². The molecule has 6 nitrogen and oxygen atoms in total. The van der Waals surface area contributed by atoms with Crippen LogP contribution in [0.4, 0.5) is 11.4 Å². The first-order valence-corrected chi connectivity index (χ1v) is 7.69. The molecular weight excluding hydrogens is 266 g/mol. The summed E-state index contributed by atoms with van der Waals surface area (Å²) in [7, 11) is -3.74. The van der Waals surface area contributed by atoms with Crippen molar-refractivity contribution in [3.05, 3.63) is 18.2 Å². The SMILES string of the molecule is CC1CCN(c2ccc(S(N)(=O)=O)cc2N)C1CO. The predicted molar refractivity (Wildman–Crippen MR) is 74.2 cm³/mol. The molecule has 0 bridgehead atoms. The van der Waals surface area contributed by atoms with E-state index in [1.165, 1.54) is 12.1 Å². The summed E-state index contributed by atoms with van der Waals surface area (Å²) >= 11 is 0. The molecule has 1 aromatic rings. The van der Waals surface area contributed by atoms with Gasteiger partial charge in [0.2, 0.25) is 10.0 Å². The van der Waals surface area contributed by atoms with E-state index in [-0.39, 0.29) is 17.5 Å². The Kier molecular flexibility index (Phi) is 3.71. The Balaban J connectivity index is 2.37. The van der Waals surface area contributed by atoms with Crippen molar-refractivity contribution in [1.29, 1.82) is 0 Å². The molecule has 0 spiro atoms. The lowest BCUT2D eigenvalue weighted by Gasteiger charge is -2.28. The molecule has 1 aliphatic rings. The van der Waals surface area contributed by atoms with Crippen molar-refractivity contribution in [3.8, 4) is 0 Å². The molecule has 5 N–H and O–H groups in total. The van der Waals surface area contributed by atoms with Gasteiger partial charge in [-0.15, -0.1) is 0 Å². The van der Waals surface area contributed by atoms with E-state index in [0.717, 1.165) is 18.7 Å². The fourth-order valence-corrected chi connectivity index (χ4v) is 3.11. The van der Waals surface area contributed by atoms with Crippen LogP contribution in [0.25, 0.3) is 0 Å². The Morgan fingerprint density at radius 3 is 2.68 bits per heavy atom. The Morgan fingerprint density at radius 2 is 2.16 bits per heavy atom. The molecule has 0 aliphatic carbocycles. The Hall–Kier alpha value is -1.31. The number of primary sulfonamides is 1. The second-order valence-electron chi connectivity index (χ2n) is 4.97. The molecule has 1 fully saturated rings. The summed E-state index contributed by atoms with van der Waals surface area (Å²) in [5.41, 5.74) is 7.02. The Labute approximate surface area is 113 Å². The molecule has 0 aromatic heterocycles. The fourth-order valence-electron chi connectivity index (χ4n) is 2.56. The van der Waals surface area contributed by atoms with E-state index < -0.39 is 10.0 Å². The van der Waals surface area contributed by atoms with Crippen molar-refractivity contribution in [2.24, 2.45) is 11.1 Å². The van der Waals surface area contributed by atoms with Gasteiger partial charge in [-0.05, 0) is 30.5 Å². The average Bonchev–Trinajstić information content (AvgIpc) is 2.69. The zero-order valence-corrected chi connectivity index (χ0v) is 11.6. The first kappa shape index (κ1) is 14.1. The predicted octanol–water partition coefficient (Wildman–Crippen LogP) is 0.123. The van der Waals surface area contributed by atoms with Gasteiger partial charge in [-0.1, -0.05) is 6.92 Å². The lowest BCUT2D eigenvalue weighted by Crippen LogP contribution is -2.35. The number of nitrogens with zero attached hydrogens (tertiary/aromatic N) is 1. The number of benzene rings is 1. The van der Waals surface area contributed by atoms with Gasteiger partial charge in [0.05, 0.1) is 28.9 Å². The number of nitrogens with two attached hydrogens (primary N) is 2. The van der Waals surface area contributed by atoms with Crippen LogP contribution >= 0.6 is 0 Å². The molecule has 1 aromatic carbocycles. The molecule has 1 aliphatic heterocycles. The van der Waals surface area contributed by atoms with Crippen LogP contribution in [-0.2, 0) is 10.0 Å². The first-order chi connectivity index (χ1) is 8.84. The van der Waals surface area contributed by atoms with Crippen LogP contribution in [0.3, 0.4) is 0 Å². The number of hydrogen-bond acceptors (Lipinski definition) is 5. The third-order valence-corrected chi connectivity index (χ3v) is 4.62. The van der Waals surface area contributed by atoms with Crippen LogP contribution in [0.5, 0.6) is 0 Å². The maximum Gasteiger partial charge on any atom is 0.238 e. The maximum absolute atomic E-state index is 11.3. The van der Waals surface area contributed by atoms with Gasteiger partial charge in [-0.2, -0.15) is 0 Å². The quantitative estimate of drug-likeness (QED) is 0.683. The Bertz CT molecular complexity index is 574. The smallest absolute Gasteiger partial charge is 0.238 e. The van der Waals surface area contributed by atoms with Gasteiger partial charge >= 0.3 is 0 Å². The van der Waals surface area contributed by atoms with Gasteiger partial charge < -0.3 is 15.7 Å². The molecule has 0 saturated carbocycles. The summed E-state index contributed by atoms with van der Waals surface area (Å²) in [6, 6.07) is 4.47. The fraction of sp³-hybridized carbons (Fsp3) is 0.500. The molecule has 0 amide bonds.